The first kappa shape index (κ1) is 15.7. The van der Waals surface area contributed by atoms with Gasteiger partial charge in [-0.05, 0) is 55.0 Å². The number of hydrazone groups is 1. The average molecular weight is 322 g/mol. The molecule has 1 aromatic heterocycles. The van der Waals surface area contributed by atoms with E-state index in [0.29, 0.717) is 17.1 Å². The number of amides is 1. The number of hydrogen-bond acceptors (Lipinski definition) is 3. The standard InChI is InChI=1S/C19H15FN2O2/c1-13-4-2-3-5-17(13)19(23)22-21-12-16-10-11-18(24-16)14-6-8-15(20)9-7-14/h2-12H,1H3,(H,22,23)/b21-12+. The van der Waals surface area contributed by atoms with E-state index < -0.39 is 0 Å². The highest BCUT2D eigenvalue weighted by atomic mass is 19.1. The molecular weight excluding hydrogens is 307 g/mol. The number of carbonyl (C=O) groups excluding carboxylic acids is 1. The number of furan rings is 1. The number of hydrogen-bond donors (Lipinski definition) is 1. The molecule has 0 fully saturated rings. The first-order chi connectivity index (χ1) is 11.6. The Balaban J connectivity index is 1.66. The van der Waals surface area contributed by atoms with Crippen molar-refractivity contribution >= 4 is 12.1 Å². The van der Waals surface area contributed by atoms with Crippen LogP contribution in [0.4, 0.5) is 4.39 Å². The second-order valence-corrected chi connectivity index (χ2v) is 5.22. The van der Waals surface area contributed by atoms with Gasteiger partial charge in [0.2, 0.25) is 0 Å². The molecule has 0 radical (unpaired) electrons. The molecule has 0 spiro atoms. The van der Waals surface area contributed by atoms with E-state index in [1.54, 1.807) is 36.4 Å². The molecule has 4 nitrogen and oxygen atoms in total. The van der Waals surface area contributed by atoms with Gasteiger partial charge in [-0.25, -0.2) is 9.82 Å². The highest BCUT2D eigenvalue weighted by Gasteiger charge is 2.07. The van der Waals surface area contributed by atoms with Gasteiger partial charge < -0.3 is 4.42 Å². The molecule has 3 rings (SSSR count). The van der Waals surface area contributed by atoms with Gasteiger partial charge in [-0.15, -0.1) is 0 Å². The first-order valence-corrected chi connectivity index (χ1v) is 7.38. The van der Waals surface area contributed by atoms with Gasteiger partial charge >= 0.3 is 0 Å². The minimum atomic E-state index is -0.300. The Morgan fingerprint density at radius 1 is 1.08 bits per heavy atom. The molecule has 0 saturated heterocycles. The third-order valence-corrected chi connectivity index (χ3v) is 3.50. The van der Waals surface area contributed by atoms with Gasteiger partial charge in [0.05, 0.1) is 6.21 Å². The molecule has 1 amide bonds. The molecule has 0 bridgehead atoms. The van der Waals surface area contributed by atoms with E-state index in [4.69, 9.17) is 4.42 Å². The summed E-state index contributed by atoms with van der Waals surface area (Å²) >= 11 is 0. The molecule has 3 aromatic rings. The Kier molecular flexibility index (Phi) is 4.52. The number of carbonyl (C=O) groups is 1. The average Bonchev–Trinajstić information content (AvgIpc) is 3.04. The number of nitrogens with one attached hydrogen (secondary N) is 1. The van der Waals surface area contributed by atoms with E-state index in [9.17, 15) is 9.18 Å². The lowest BCUT2D eigenvalue weighted by molar-refractivity contribution is 0.0954. The van der Waals surface area contributed by atoms with Crippen LogP contribution in [0.3, 0.4) is 0 Å². The van der Waals surface area contributed by atoms with Crippen LogP contribution >= 0.6 is 0 Å². The molecule has 1 heterocycles. The van der Waals surface area contributed by atoms with Crippen LogP contribution in [0.15, 0.2) is 70.2 Å². The number of rotatable bonds is 4. The summed E-state index contributed by atoms with van der Waals surface area (Å²) in [6, 6.07) is 16.8. The molecule has 24 heavy (non-hydrogen) atoms. The fourth-order valence-corrected chi connectivity index (χ4v) is 2.23. The summed E-state index contributed by atoms with van der Waals surface area (Å²) in [7, 11) is 0. The van der Waals surface area contributed by atoms with Crippen LogP contribution in [0.25, 0.3) is 11.3 Å². The smallest absolute Gasteiger partial charge is 0.271 e. The summed E-state index contributed by atoms with van der Waals surface area (Å²) in [6.45, 7) is 1.86. The van der Waals surface area contributed by atoms with Gasteiger partial charge in [0.1, 0.15) is 17.3 Å². The van der Waals surface area contributed by atoms with Crippen molar-refractivity contribution < 1.29 is 13.6 Å². The van der Waals surface area contributed by atoms with E-state index in [-0.39, 0.29) is 11.7 Å². The lowest BCUT2D eigenvalue weighted by Gasteiger charge is -2.02. The van der Waals surface area contributed by atoms with Crippen molar-refractivity contribution in [2.45, 2.75) is 6.92 Å². The third kappa shape index (κ3) is 3.57. The zero-order valence-electron chi connectivity index (χ0n) is 13.0. The minimum Gasteiger partial charge on any atom is -0.455 e. The van der Waals surface area contributed by atoms with Gasteiger partial charge in [0.15, 0.2) is 0 Å². The van der Waals surface area contributed by atoms with Crippen LogP contribution in [0.2, 0.25) is 0 Å². The molecule has 0 aliphatic rings. The van der Waals surface area contributed by atoms with E-state index in [1.165, 1.54) is 18.3 Å². The van der Waals surface area contributed by atoms with Crippen molar-refractivity contribution in [2.24, 2.45) is 5.10 Å². The Morgan fingerprint density at radius 3 is 2.58 bits per heavy atom. The van der Waals surface area contributed by atoms with Gasteiger partial charge in [-0.1, -0.05) is 18.2 Å². The summed E-state index contributed by atoms with van der Waals surface area (Å²) in [5.74, 6) is 0.502. The predicted octanol–water partition coefficient (Wildman–Crippen LogP) is 4.16. The molecule has 0 unspecified atom stereocenters. The third-order valence-electron chi connectivity index (χ3n) is 3.50. The van der Waals surface area contributed by atoms with Crippen molar-refractivity contribution in [3.63, 3.8) is 0 Å². The monoisotopic (exact) mass is 322 g/mol. The van der Waals surface area contributed by atoms with Gasteiger partial charge in [0, 0.05) is 11.1 Å². The fraction of sp³-hybridized carbons (Fsp3) is 0.0526. The molecular formula is C19H15FN2O2. The van der Waals surface area contributed by atoms with Crippen LogP contribution in [0.1, 0.15) is 21.7 Å². The van der Waals surface area contributed by atoms with Gasteiger partial charge in [0.25, 0.3) is 5.91 Å². The van der Waals surface area contributed by atoms with E-state index in [1.807, 2.05) is 19.1 Å². The summed E-state index contributed by atoms with van der Waals surface area (Å²) in [6.07, 6.45) is 1.42. The highest BCUT2D eigenvalue weighted by molar-refractivity contribution is 5.96. The van der Waals surface area contributed by atoms with Gasteiger partial charge in [-0.2, -0.15) is 5.10 Å². The van der Waals surface area contributed by atoms with Crippen molar-refractivity contribution in [3.05, 3.63) is 83.4 Å². The Labute approximate surface area is 138 Å². The fourth-order valence-electron chi connectivity index (χ4n) is 2.23. The van der Waals surface area contributed by atoms with Crippen LogP contribution in [-0.4, -0.2) is 12.1 Å². The van der Waals surface area contributed by atoms with Crippen LogP contribution < -0.4 is 5.43 Å². The maximum atomic E-state index is 12.9. The maximum absolute atomic E-state index is 12.9. The van der Waals surface area contributed by atoms with Crippen molar-refractivity contribution in [3.8, 4) is 11.3 Å². The number of halogens is 1. The Hall–Kier alpha value is -3.21. The zero-order valence-corrected chi connectivity index (χ0v) is 13.0. The second kappa shape index (κ2) is 6.91. The summed E-state index contributed by atoms with van der Waals surface area (Å²) in [5, 5.41) is 3.90. The zero-order chi connectivity index (χ0) is 16.9. The van der Waals surface area contributed by atoms with Crippen LogP contribution in [0.5, 0.6) is 0 Å². The number of nitrogens with zero attached hydrogens (tertiary/aromatic N) is 1. The highest BCUT2D eigenvalue weighted by Crippen LogP contribution is 2.21. The Morgan fingerprint density at radius 2 is 1.83 bits per heavy atom. The molecule has 0 aliphatic carbocycles. The van der Waals surface area contributed by atoms with Crippen molar-refractivity contribution in [2.75, 3.05) is 0 Å². The molecule has 0 saturated carbocycles. The molecule has 120 valence electrons. The molecule has 0 atom stereocenters. The largest absolute Gasteiger partial charge is 0.455 e. The summed E-state index contributed by atoms with van der Waals surface area (Å²) in [4.78, 5) is 12.0. The lowest BCUT2D eigenvalue weighted by Crippen LogP contribution is -2.18. The van der Waals surface area contributed by atoms with E-state index >= 15 is 0 Å². The molecule has 1 N–H and O–H groups in total. The van der Waals surface area contributed by atoms with Crippen LogP contribution in [0, 0.1) is 12.7 Å². The van der Waals surface area contributed by atoms with Crippen molar-refractivity contribution in [1.82, 2.24) is 5.43 Å². The molecule has 2 aromatic carbocycles. The normalized spacial score (nSPS) is 10.9. The van der Waals surface area contributed by atoms with E-state index in [2.05, 4.69) is 10.5 Å². The SMILES string of the molecule is Cc1ccccc1C(=O)N/N=C/c1ccc(-c2ccc(F)cc2)o1. The van der Waals surface area contributed by atoms with E-state index in [0.717, 1.165) is 11.1 Å². The van der Waals surface area contributed by atoms with Crippen molar-refractivity contribution in [1.29, 1.82) is 0 Å². The van der Waals surface area contributed by atoms with Gasteiger partial charge in [-0.3, -0.25) is 4.79 Å². The lowest BCUT2D eigenvalue weighted by atomic mass is 10.1. The number of aryl methyl sites for hydroxylation is 1. The topological polar surface area (TPSA) is 54.6 Å². The first-order valence-electron chi connectivity index (χ1n) is 7.38. The maximum Gasteiger partial charge on any atom is 0.271 e. The summed E-state index contributed by atoms with van der Waals surface area (Å²) in [5.41, 5.74) is 4.68. The van der Waals surface area contributed by atoms with Crippen LogP contribution in [-0.2, 0) is 0 Å². The molecule has 0 aliphatic heterocycles. The second-order valence-electron chi connectivity index (χ2n) is 5.22. The predicted molar refractivity (Wildman–Crippen MR) is 90.3 cm³/mol. The summed E-state index contributed by atoms with van der Waals surface area (Å²) < 4.78 is 18.5. The molecule has 5 heteroatoms. The minimum absolute atomic E-state index is 0.283. The quantitative estimate of drug-likeness (QED) is 0.579. The Bertz CT molecular complexity index is 882. The number of benzene rings is 2.